The summed E-state index contributed by atoms with van der Waals surface area (Å²) in [5.74, 6) is 0.422. The van der Waals surface area contributed by atoms with Crippen molar-refractivity contribution in [1.82, 2.24) is 24.9 Å². The first-order valence-corrected chi connectivity index (χ1v) is 10.9. The van der Waals surface area contributed by atoms with E-state index in [9.17, 15) is 0 Å². The summed E-state index contributed by atoms with van der Waals surface area (Å²) in [6.45, 7) is 4.16. The molecule has 5 rings (SSSR count). The van der Waals surface area contributed by atoms with Gasteiger partial charge in [-0.1, -0.05) is 12.1 Å². The fourth-order valence-electron chi connectivity index (χ4n) is 3.87. The van der Waals surface area contributed by atoms with Gasteiger partial charge in [0.1, 0.15) is 11.2 Å². The summed E-state index contributed by atoms with van der Waals surface area (Å²) in [6, 6.07) is 11.8. The van der Waals surface area contributed by atoms with Gasteiger partial charge in [-0.15, -0.1) is 0 Å². The van der Waals surface area contributed by atoms with E-state index < -0.39 is 0 Å². The molecule has 0 radical (unpaired) electrons. The van der Waals surface area contributed by atoms with Crippen molar-refractivity contribution < 1.29 is 0 Å². The average molecular weight is 449 g/mol. The van der Waals surface area contributed by atoms with Gasteiger partial charge >= 0.3 is 0 Å². The Hall–Kier alpha value is -4.59. The Kier molecular flexibility index (Phi) is 5.47. The fraction of sp³-hybridized carbons (Fsp3) is 0.115. The SMILES string of the molecule is CC(C)Nc1cncc(-c2ccc(N)c(C(=N)c3nc4c(-c5cccnc5)cncc4[nH]3)c2)c1. The van der Waals surface area contributed by atoms with Crippen molar-refractivity contribution in [1.29, 1.82) is 5.41 Å². The van der Waals surface area contributed by atoms with E-state index in [1.54, 1.807) is 37.2 Å². The van der Waals surface area contributed by atoms with Crippen LogP contribution >= 0.6 is 0 Å². The van der Waals surface area contributed by atoms with Crippen molar-refractivity contribution >= 4 is 28.1 Å². The number of benzene rings is 1. The molecule has 0 atom stereocenters. The molecule has 0 saturated carbocycles. The first-order valence-electron chi connectivity index (χ1n) is 10.9. The minimum Gasteiger partial charge on any atom is -0.398 e. The van der Waals surface area contributed by atoms with Crippen molar-refractivity contribution in [2.24, 2.45) is 0 Å². The van der Waals surface area contributed by atoms with E-state index in [0.29, 0.717) is 23.1 Å². The first kappa shape index (κ1) is 21.3. The maximum Gasteiger partial charge on any atom is 0.157 e. The molecule has 0 unspecified atom stereocenters. The Morgan fingerprint density at radius 2 is 1.76 bits per heavy atom. The second kappa shape index (κ2) is 8.74. The number of nitrogen functional groups attached to an aromatic ring is 1. The molecule has 168 valence electrons. The minimum atomic E-state index is 0.206. The van der Waals surface area contributed by atoms with Gasteiger partial charge in [-0.2, -0.15) is 0 Å². The number of fused-ring (bicyclic) bond motifs is 1. The van der Waals surface area contributed by atoms with Gasteiger partial charge in [0.05, 0.1) is 17.4 Å². The van der Waals surface area contributed by atoms with Crippen LogP contribution < -0.4 is 11.1 Å². The second-order valence-corrected chi connectivity index (χ2v) is 8.35. The van der Waals surface area contributed by atoms with Crippen LogP contribution in [-0.4, -0.2) is 36.7 Å². The van der Waals surface area contributed by atoms with Gasteiger partial charge in [-0.25, -0.2) is 4.98 Å². The third-order valence-corrected chi connectivity index (χ3v) is 5.45. The number of imidazole rings is 1. The number of hydrogen-bond acceptors (Lipinski definition) is 7. The molecule has 8 heteroatoms. The van der Waals surface area contributed by atoms with Crippen LogP contribution in [0.5, 0.6) is 0 Å². The summed E-state index contributed by atoms with van der Waals surface area (Å²) >= 11 is 0. The molecule has 0 aliphatic carbocycles. The van der Waals surface area contributed by atoms with Crippen molar-refractivity contribution in [3.8, 4) is 22.3 Å². The summed E-state index contributed by atoms with van der Waals surface area (Å²) in [5, 5.41) is 12.2. The molecular formula is C26H24N8. The van der Waals surface area contributed by atoms with Crippen LogP contribution in [-0.2, 0) is 0 Å². The predicted molar refractivity (Wildman–Crippen MR) is 136 cm³/mol. The Morgan fingerprint density at radius 3 is 2.56 bits per heavy atom. The highest BCUT2D eigenvalue weighted by Crippen LogP contribution is 2.29. The number of nitrogens with zero attached hydrogens (tertiary/aromatic N) is 4. The van der Waals surface area contributed by atoms with Gasteiger partial charge < -0.3 is 16.0 Å². The molecular weight excluding hydrogens is 424 g/mol. The second-order valence-electron chi connectivity index (χ2n) is 8.35. The van der Waals surface area contributed by atoms with Crippen LogP contribution in [0.15, 0.2) is 73.6 Å². The first-order chi connectivity index (χ1) is 16.5. The largest absolute Gasteiger partial charge is 0.398 e. The molecule has 34 heavy (non-hydrogen) atoms. The maximum absolute atomic E-state index is 8.88. The lowest BCUT2D eigenvalue weighted by Gasteiger charge is -2.12. The molecule has 0 amide bonds. The smallest absolute Gasteiger partial charge is 0.157 e. The molecule has 0 aliphatic heterocycles. The zero-order valence-corrected chi connectivity index (χ0v) is 18.9. The average Bonchev–Trinajstić information content (AvgIpc) is 3.29. The van der Waals surface area contributed by atoms with Gasteiger partial charge in [0.25, 0.3) is 0 Å². The summed E-state index contributed by atoms with van der Waals surface area (Å²) < 4.78 is 0. The Bertz CT molecular complexity index is 1490. The molecule has 0 aliphatic rings. The van der Waals surface area contributed by atoms with Crippen LogP contribution in [0.1, 0.15) is 25.2 Å². The van der Waals surface area contributed by atoms with Gasteiger partial charge in [0.2, 0.25) is 0 Å². The van der Waals surface area contributed by atoms with Crippen LogP contribution in [0.2, 0.25) is 0 Å². The summed E-state index contributed by atoms with van der Waals surface area (Å²) in [6.07, 6.45) is 10.6. The lowest BCUT2D eigenvalue weighted by Crippen LogP contribution is -2.10. The highest BCUT2D eigenvalue weighted by atomic mass is 14.9. The third-order valence-electron chi connectivity index (χ3n) is 5.45. The molecule has 0 saturated heterocycles. The molecule has 0 fully saturated rings. The molecule has 4 heterocycles. The molecule has 5 aromatic rings. The van der Waals surface area contributed by atoms with E-state index in [1.165, 1.54) is 0 Å². The summed E-state index contributed by atoms with van der Waals surface area (Å²) in [7, 11) is 0. The molecule has 1 aromatic carbocycles. The van der Waals surface area contributed by atoms with Crippen LogP contribution in [0.25, 0.3) is 33.3 Å². The number of pyridine rings is 3. The van der Waals surface area contributed by atoms with Crippen molar-refractivity contribution in [3.63, 3.8) is 0 Å². The number of rotatable bonds is 6. The monoisotopic (exact) mass is 448 g/mol. The highest BCUT2D eigenvalue weighted by Gasteiger charge is 2.17. The van der Waals surface area contributed by atoms with E-state index in [-0.39, 0.29) is 5.71 Å². The van der Waals surface area contributed by atoms with Gasteiger partial charge in [0, 0.05) is 65.0 Å². The number of nitrogens with two attached hydrogens (primary N) is 1. The van der Waals surface area contributed by atoms with Crippen LogP contribution in [0.3, 0.4) is 0 Å². The summed E-state index contributed by atoms with van der Waals surface area (Å²) in [5.41, 5.74) is 13.6. The van der Waals surface area contributed by atoms with Gasteiger partial charge in [0.15, 0.2) is 5.82 Å². The van der Waals surface area contributed by atoms with Crippen molar-refractivity contribution in [2.45, 2.75) is 19.9 Å². The summed E-state index contributed by atoms with van der Waals surface area (Å²) in [4.78, 5) is 20.8. The van der Waals surface area contributed by atoms with Crippen LogP contribution in [0.4, 0.5) is 11.4 Å². The van der Waals surface area contributed by atoms with E-state index in [0.717, 1.165) is 39.0 Å². The van der Waals surface area contributed by atoms with Crippen molar-refractivity contribution in [2.75, 3.05) is 11.1 Å². The van der Waals surface area contributed by atoms with Crippen molar-refractivity contribution in [3.05, 3.63) is 85.0 Å². The Balaban J connectivity index is 1.53. The number of nitrogens with one attached hydrogen (secondary N) is 3. The van der Waals surface area contributed by atoms with Gasteiger partial charge in [-0.3, -0.25) is 20.4 Å². The van der Waals surface area contributed by atoms with Gasteiger partial charge in [-0.05, 0) is 43.7 Å². The fourth-order valence-corrected chi connectivity index (χ4v) is 3.87. The topological polar surface area (TPSA) is 129 Å². The number of aromatic nitrogens is 5. The predicted octanol–water partition coefficient (Wildman–Crippen LogP) is 4.90. The normalized spacial score (nSPS) is 11.1. The maximum atomic E-state index is 8.88. The van der Waals surface area contributed by atoms with Crippen LogP contribution in [0, 0.1) is 5.41 Å². The third kappa shape index (κ3) is 4.09. The van der Waals surface area contributed by atoms with E-state index in [2.05, 4.69) is 39.1 Å². The zero-order chi connectivity index (χ0) is 23.7. The quantitative estimate of drug-likeness (QED) is 0.216. The molecule has 5 N–H and O–H groups in total. The number of H-pyrrole nitrogens is 1. The lowest BCUT2D eigenvalue weighted by molar-refractivity contribution is 0.898. The number of aromatic amines is 1. The number of hydrogen-bond donors (Lipinski definition) is 4. The molecule has 8 nitrogen and oxygen atoms in total. The zero-order valence-electron chi connectivity index (χ0n) is 18.9. The number of anilines is 2. The van der Waals surface area contributed by atoms with E-state index in [1.807, 2.05) is 36.4 Å². The highest BCUT2D eigenvalue weighted by molar-refractivity contribution is 6.13. The van der Waals surface area contributed by atoms with E-state index >= 15 is 0 Å². The van der Waals surface area contributed by atoms with E-state index in [4.69, 9.17) is 16.1 Å². The Morgan fingerprint density at radius 1 is 0.941 bits per heavy atom. The standard InChI is InChI=1S/C26H24N8/c1-15(2)32-19-8-18(11-30-12-19)16-5-6-22(27)20(9-16)24(28)26-33-23-14-31-13-21(25(23)34-26)17-4-3-7-29-10-17/h3-15,28,32H,27H2,1-2H3,(H,33,34). The lowest BCUT2D eigenvalue weighted by atomic mass is 10.00. The Labute approximate surface area is 196 Å². The molecule has 0 bridgehead atoms. The molecule has 4 aromatic heterocycles. The molecule has 0 spiro atoms. The minimum absolute atomic E-state index is 0.206.